The molecule has 0 unspecified atom stereocenters. The van der Waals surface area contributed by atoms with E-state index in [4.69, 9.17) is 17.3 Å². The van der Waals surface area contributed by atoms with Gasteiger partial charge in [-0.15, -0.1) is 10.2 Å². The Hall–Kier alpha value is -7.04. The van der Waals surface area contributed by atoms with E-state index in [9.17, 15) is 52.6 Å². The lowest BCUT2D eigenvalue weighted by Gasteiger charge is -2.15. The number of hydrogen-bond acceptors (Lipinski definition) is 15. The summed E-state index contributed by atoms with van der Waals surface area (Å²) in [5.41, 5.74) is 3.94. The molecule has 0 saturated heterocycles. The predicted molar refractivity (Wildman–Crippen MR) is 193 cm³/mol. The molecule has 23 heteroatoms. The highest BCUT2D eigenvalue weighted by molar-refractivity contribution is 7.85. The maximum absolute atomic E-state index is 11.8. The number of aromatic carboxylic acids is 4. The molecule has 2 heterocycles. The summed E-state index contributed by atoms with van der Waals surface area (Å²) in [6.07, 6.45) is 0. The van der Waals surface area contributed by atoms with E-state index < -0.39 is 66.6 Å². The van der Waals surface area contributed by atoms with Crippen LogP contribution in [0.5, 0.6) is 0 Å². The largest absolute Gasteiger partial charge is 0.478 e. The van der Waals surface area contributed by atoms with Crippen LogP contribution in [0.15, 0.2) is 69.7 Å². The average molecular weight is 795 g/mol. The van der Waals surface area contributed by atoms with Gasteiger partial charge in [0.05, 0.1) is 37.9 Å². The Morgan fingerprint density at radius 1 is 0.745 bits per heavy atom. The van der Waals surface area contributed by atoms with E-state index in [1.165, 1.54) is 6.07 Å². The molecule has 0 aliphatic heterocycles. The Balaban J connectivity index is 1.70. The molecule has 0 aliphatic carbocycles. The van der Waals surface area contributed by atoms with Gasteiger partial charge < -0.3 is 36.8 Å². The third-order valence-corrected chi connectivity index (χ3v) is 8.43. The lowest BCUT2D eigenvalue weighted by Crippen LogP contribution is -2.15. The smallest absolute Gasteiger partial charge is 0.335 e. The summed E-state index contributed by atoms with van der Waals surface area (Å²) in [4.78, 5) is 59.4. The van der Waals surface area contributed by atoms with Gasteiger partial charge in [0.1, 0.15) is 5.69 Å². The number of carboxylic acids is 4. The normalized spacial score (nSPS) is 11.7. The molecule has 21 nitrogen and oxygen atoms in total. The molecule has 5 aromatic rings. The first kappa shape index (κ1) is 39.2. The van der Waals surface area contributed by atoms with E-state index in [-0.39, 0.29) is 57.1 Å². The van der Waals surface area contributed by atoms with Crippen LogP contribution in [0.25, 0.3) is 5.95 Å². The standard InChI is InChI=1S/C32H27ClN10O11S/c1-32(2,3)23-22(41-40-21-12-19(55(52,53)54)4-5-20(21)33)24(34)43(42-23)31-38-29(35-17-8-13(25(44)45)6-14(9-17)26(46)47)37-30(39-31)36-18-10-15(27(48)49)7-16(11-18)28(50)51/h4-12H,34H2,1-3H3,(H,44,45)(H,46,47)(H,48,49)(H,50,51)(H,52,53,54)(H2,35,36,37,38,39)/b41-40+. The first-order chi connectivity index (χ1) is 25.6. The summed E-state index contributed by atoms with van der Waals surface area (Å²) >= 11 is 6.21. The molecule has 9 N–H and O–H groups in total. The predicted octanol–water partition coefficient (Wildman–Crippen LogP) is 5.53. The second kappa shape index (κ2) is 14.8. The summed E-state index contributed by atoms with van der Waals surface area (Å²) in [7, 11) is -4.63. The van der Waals surface area contributed by atoms with Gasteiger partial charge in [-0.25, -0.2) is 19.2 Å². The third-order valence-electron chi connectivity index (χ3n) is 7.26. The third kappa shape index (κ3) is 8.95. The summed E-state index contributed by atoms with van der Waals surface area (Å²) in [6.45, 7) is 5.26. The molecular weight excluding hydrogens is 768 g/mol. The van der Waals surface area contributed by atoms with E-state index in [1.807, 2.05) is 0 Å². The Morgan fingerprint density at radius 3 is 1.60 bits per heavy atom. The zero-order valence-corrected chi connectivity index (χ0v) is 29.9. The van der Waals surface area contributed by atoms with Crippen molar-refractivity contribution >= 4 is 86.1 Å². The number of nitrogen functional groups attached to an aromatic ring is 1. The van der Waals surface area contributed by atoms with Crippen molar-refractivity contribution in [2.45, 2.75) is 31.1 Å². The number of azo groups is 1. The molecule has 55 heavy (non-hydrogen) atoms. The zero-order valence-electron chi connectivity index (χ0n) is 28.4. The van der Waals surface area contributed by atoms with Crippen molar-refractivity contribution in [1.29, 1.82) is 0 Å². The number of nitrogens with one attached hydrogen (secondary N) is 2. The summed E-state index contributed by atoms with van der Waals surface area (Å²) in [5, 5.41) is 56.4. The molecule has 0 fully saturated rings. The maximum atomic E-state index is 11.8. The molecule has 284 valence electrons. The Bertz CT molecular complexity index is 2410. The van der Waals surface area contributed by atoms with Crippen molar-refractivity contribution in [3.05, 3.63) is 87.6 Å². The Morgan fingerprint density at radius 2 is 1.20 bits per heavy atom. The number of benzene rings is 3. The minimum Gasteiger partial charge on any atom is -0.478 e. The second-order valence-corrected chi connectivity index (χ2v) is 14.2. The Kier molecular flexibility index (Phi) is 10.5. The molecule has 5 rings (SSSR count). The monoisotopic (exact) mass is 794 g/mol. The molecule has 0 amide bonds. The molecule has 0 atom stereocenters. The minimum absolute atomic E-state index is 0.0284. The lowest BCUT2D eigenvalue weighted by atomic mass is 9.91. The van der Waals surface area contributed by atoms with Gasteiger partial charge in [-0.3, -0.25) is 4.55 Å². The van der Waals surface area contributed by atoms with E-state index >= 15 is 0 Å². The lowest BCUT2D eigenvalue weighted by molar-refractivity contribution is 0.0676. The summed E-state index contributed by atoms with van der Waals surface area (Å²) in [5.74, 6) is -7.06. The quantitative estimate of drug-likeness (QED) is 0.0568. The van der Waals surface area contributed by atoms with E-state index in [2.05, 4.69) is 40.9 Å². The molecular formula is C32H27ClN10O11S. The molecule has 2 aromatic heterocycles. The van der Waals surface area contributed by atoms with E-state index in [1.54, 1.807) is 20.8 Å². The fourth-order valence-corrected chi connectivity index (χ4v) is 5.39. The van der Waals surface area contributed by atoms with Crippen LogP contribution in [0.2, 0.25) is 5.02 Å². The number of carboxylic acid groups (broad SMARTS) is 4. The number of aromatic nitrogens is 5. The molecule has 0 saturated carbocycles. The fraction of sp³-hybridized carbons (Fsp3) is 0.125. The first-order valence-corrected chi connectivity index (χ1v) is 17.0. The van der Waals surface area contributed by atoms with Gasteiger partial charge in [0.2, 0.25) is 11.9 Å². The van der Waals surface area contributed by atoms with Gasteiger partial charge in [-0.1, -0.05) is 32.4 Å². The number of nitrogens with two attached hydrogens (primary N) is 1. The molecule has 0 aliphatic rings. The number of anilines is 5. The SMILES string of the molecule is CC(C)(C)c1nn(-c2nc(Nc3cc(C(=O)O)cc(C(=O)O)c3)nc(Nc3cc(C(=O)O)cc(C(=O)O)c3)n2)c(N)c1/N=N/c1cc(S(=O)(=O)O)ccc1Cl. The van der Waals surface area contributed by atoms with Crippen LogP contribution in [0.1, 0.15) is 67.9 Å². The zero-order chi connectivity index (χ0) is 40.6. The number of hydrogen-bond donors (Lipinski definition) is 8. The van der Waals surface area contributed by atoms with Crippen LogP contribution >= 0.6 is 11.6 Å². The van der Waals surface area contributed by atoms with Crippen molar-refractivity contribution in [2.24, 2.45) is 10.2 Å². The van der Waals surface area contributed by atoms with E-state index in [0.29, 0.717) is 0 Å². The van der Waals surface area contributed by atoms with Crippen molar-refractivity contribution in [1.82, 2.24) is 24.7 Å². The first-order valence-electron chi connectivity index (χ1n) is 15.2. The van der Waals surface area contributed by atoms with E-state index in [0.717, 1.165) is 53.2 Å². The Labute approximate surface area is 313 Å². The highest BCUT2D eigenvalue weighted by Crippen LogP contribution is 2.39. The molecule has 0 radical (unpaired) electrons. The van der Waals surface area contributed by atoms with Gasteiger partial charge in [-0.05, 0) is 54.6 Å². The van der Waals surface area contributed by atoms with Crippen LogP contribution in [-0.4, -0.2) is 82.0 Å². The van der Waals surface area contributed by atoms with Crippen molar-refractivity contribution < 1.29 is 52.6 Å². The number of carbonyl (C=O) groups is 4. The second-order valence-electron chi connectivity index (χ2n) is 12.4. The number of rotatable bonds is 12. The maximum Gasteiger partial charge on any atom is 0.335 e. The number of nitrogens with zero attached hydrogens (tertiary/aromatic N) is 7. The highest BCUT2D eigenvalue weighted by Gasteiger charge is 2.28. The van der Waals surface area contributed by atoms with Crippen LogP contribution in [0.4, 0.5) is 40.5 Å². The van der Waals surface area contributed by atoms with Crippen LogP contribution in [0.3, 0.4) is 0 Å². The van der Waals surface area contributed by atoms with Gasteiger partial charge in [0.25, 0.3) is 16.1 Å². The van der Waals surface area contributed by atoms with Gasteiger partial charge in [0, 0.05) is 16.8 Å². The molecule has 0 bridgehead atoms. The van der Waals surface area contributed by atoms with Crippen molar-refractivity contribution in [2.75, 3.05) is 16.4 Å². The molecule has 0 spiro atoms. The summed E-state index contributed by atoms with van der Waals surface area (Å²) < 4.78 is 33.9. The highest BCUT2D eigenvalue weighted by atomic mass is 35.5. The van der Waals surface area contributed by atoms with Gasteiger partial charge >= 0.3 is 23.9 Å². The fourth-order valence-electron chi connectivity index (χ4n) is 4.74. The van der Waals surface area contributed by atoms with Crippen LogP contribution < -0.4 is 16.4 Å². The average Bonchev–Trinajstić information content (AvgIpc) is 3.43. The van der Waals surface area contributed by atoms with Gasteiger partial charge in [-0.2, -0.15) is 33.2 Å². The number of halogens is 1. The van der Waals surface area contributed by atoms with Gasteiger partial charge in [0.15, 0.2) is 11.5 Å². The topological polar surface area (TPSA) is 335 Å². The van der Waals surface area contributed by atoms with Crippen molar-refractivity contribution in [3.63, 3.8) is 0 Å². The van der Waals surface area contributed by atoms with Crippen LogP contribution in [-0.2, 0) is 15.5 Å². The molecule has 3 aromatic carbocycles. The van der Waals surface area contributed by atoms with Crippen LogP contribution in [0, 0.1) is 0 Å². The summed E-state index contributed by atoms with van der Waals surface area (Å²) in [6, 6.07) is 9.47. The minimum atomic E-state index is -4.63. The van der Waals surface area contributed by atoms with Crippen molar-refractivity contribution in [3.8, 4) is 5.95 Å².